The third kappa shape index (κ3) is 4.01. The zero-order chi connectivity index (χ0) is 15.5. The summed E-state index contributed by atoms with van der Waals surface area (Å²) in [5.74, 6) is 0.113. The number of nitrogens with one attached hydrogen (secondary N) is 1. The molecule has 1 aromatic heterocycles. The molecule has 0 radical (unpaired) electrons. The third-order valence-electron chi connectivity index (χ3n) is 3.04. The van der Waals surface area contributed by atoms with Gasteiger partial charge in [-0.05, 0) is 35.6 Å². The number of carbonyl (C=O) groups excluding carboxylic acids is 1. The molecule has 1 heterocycles. The van der Waals surface area contributed by atoms with Gasteiger partial charge in [0.25, 0.3) is 5.91 Å². The van der Waals surface area contributed by atoms with E-state index in [1.54, 1.807) is 12.1 Å². The molecule has 5 nitrogen and oxygen atoms in total. The molecular formula is C15H19N3O2S. The second-order valence-electron chi connectivity index (χ2n) is 5.87. The minimum atomic E-state index is -0.198. The van der Waals surface area contributed by atoms with Crippen molar-refractivity contribution in [1.82, 2.24) is 14.9 Å². The van der Waals surface area contributed by atoms with Gasteiger partial charge in [-0.15, -0.1) is 5.10 Å². The predicted octanol–water partition coefficient (Wildman–Crippen LogP) is 2.51. The topological polar surface area (TPSA) is 75.1 Å². The summed E-state index contributed by atoms with van der Waals surface area (Å²) in [5.41, 5.74) is 1.59. The number of amides is 1. The number of carbonyl (C=O) groups is 1. The van der Waals surface area contributed by atoms with E-state index in [4.69, 9.17) is 0 Å². The molecule has 0 saturated heterocycles. The van der Waals surface area contributed by atoms with Crippen LogP contribution in [0.4, 0.5) is 0 Å². The van der Waals surface area contributed by atoms with Crippen LogP contribution in [0.25, 0.3) is 0 Å². The monoisotopic (exact) mass is 305 g/mol. The van der Waals surface area contributed by atoms with Crippen molar-refractivity contribution in [2.75, 3.05) is 6.54 Å². The van der Waals surface area contributed by atoms with E-state index in [1.807, 2.05) is 32.9 Å². The Labute approximate surface area is 128 Å². The van der Waals surface area contributed by atoms with E-state index >= 15 is 0 Å². The van der Waals surface area contributed by atoms with E-state index in [2.05, 4.69) is 14.9 Å². The van der Waals surface area contributed by atoms with Gasteiger partial charge in [-0.3, -0.25) is 4.79 Å². The Kier molecular flexibility index (Phi) is 4.57. The molecule has 21 heavy (non-hydrogen) atoms. The van der Waals surface area contributed by atoms with Crippen LogP contribution >= 0.6 is 11.5 Å². The average molecular weight is 305 g/mol. The summed E-state index contributed by atoms with van der Waals surface area (Å²) in [5, 5.41) is 16.2. The van der Waals surface area contributed by atoms with E-state index in [9.17, 15) is 9.90 Å². The van der Waals surface area contributed by atoms with E-state index in [0.29, 0.717) is 17.8 Å². The molecular weight excluding hydrogens is 286 g/mol. The Hall–Kier alpha value is -1.95. The standard InChI is InChI=1S/C15H19N3O2S/c1-15(2,3)13-12(21-18-17-13)14(20)16-9-8-10-4-6-11(19)7-5-10/h4-7,19H,8-9H2,1-3H3,(H,16,20). The van der Waals surface area contributed by atoms with Gasteiger partial charge >= 0.3 is 0 Å². The predicted molar refractivity (Wildman–Crippen MR) is 82.8 cm³/mol. The number of hydrogen-bond acceptors (Lipinski definition) is 5. The van der Waals surface area contributed by atoms with Crippen molar-refractivity contribution >= 4 is 17.4 Å². The van der Waals surface area contributed by atoms with Gasteiger partial charge < -0.3 is 10.4 Å². The molecule has 0 unspecified atom stereocenters. The number of phenols is 1. The minimum Gasteiger partial charge on any atom is -0.508 e. The van der Waals surface area contributed by atoms with Crippen molar-refractivity contribution < 1.29 is 9.90 Å². The fourth-order valence-corrected chi connectivity index (χ4v) is 2.69. The van der Waals surface area contributed by atoms with Gasteiger partial charge in [0.15, 0.2) is 0 Å². The highest BCUT2D eigenvalue weighted by atomic mass is 32.1. The highest BCUT2D eigenvalue weighted by molar-refractivity contribution is 7.08. The number of rotatable bonds is 4. The van der Waals surface area contributed by atoms with Gasteiger partial charge in [-0.2, -0.15) is 0 Å². The quantitative estimate of drug-likeness (QED) is 0.910. The lowest BCUT2D eigenvalue weighted by Crippen LogP contribution is -2.27. The molecule has 0 aliphatic carbocycles. The zero-order valence-electron chi connectivity index (χ0n) is 12.4. The number of phenolic OH excluding ortho intramolecular Hbond substituents is 1. The van der Waals surface area contributed by atoms with Crippen LogP contribution in [-0.4, -0.2) is 27.1 Å². The first-order chi connectivity index (χ1) is 9.88. The first-order valence-corrected chi connectivity index (χ1v) is 7.54. The summed E-state index contributed by atoms with van der Waals surface area (Å²) < 4.78 is 3.89. The Morgan fingerprint density at radius 3 is 2.57 bits per heavy atom. The number of nitrogens with zero attached hydrogens (tertiary/aromatic N) is 2. The summed E-state index contributed by atoms with van der Waals surface area (Å²) >= 11 is 1.13. The molecule has 2 aromatic rings. The molecule has 0 aliphatic rings. The zero-order valence-corrected chi connectivity index (χ0v) is 13.2. The molecule has 1 amide bonds. The van der Waals surface area contributed by atoms with E-state index in [1.165, 1.54) is 0 Å². The average Bonchev–Trinajstić information content (AvgIpc) is 2.90. The molecule has 0 atom stereocenters. The van der Waals surface area contributed by atoms with Crippen LogP contribution in [0.1, 0.15) is 41.7 Å². The molecule has 112 valence electrons. The number of aromatic nitrogens is 2. The van der Waals surface area contributed by atoms with Gasteiger partial charge in [0, 0.05) is 12.0 Å². The molecule has 0 aliphatic heterocycles. The maximum absolute atomic E-state index is 12.2. The summed E-state index contributed by atoms with van der Waals surface area (Å²) in [4.78, 5) is 12.8. The Morgan fingerprint density at radius 1 is 1.29 bits per heavy atom. The highest BCUT2D eigenvalue weighted by Gasteiger charge is 2.25. The van der Waals surface area contributed by atoms with Crippen LogP contribution in [0.5, 0.6) is 5.75 Å². The Morgan fingerprint density at radius 2 is 1.95 bits per heavy atom. The van der Waals surface area contributed by atoms with Gasteiger partial charge in [0.1, 0.15) is 10.6 Å². The lowest BCUT2D eigenvalue weighted by atomic mass is 9.91. The Balaban J connectivity index is 1.94. The number of aromatic hydroxyl groups is 1. The van der Waals surface area contributed by atoms with E-state index in [0.717, 1.165) is 22.8 Å². The SMILES string of the molecule is CC(C)(C)c1nnsc1C(=O)NCCc1ccc(O)cc1. The minimum absolute atomic E-state index is 0.131. The van der Waals surface area contributed by atoms with E-state index in [-0.39, 0.29) is 17.1 Å². The first kappa shape index (κ1) is 15.4. The number of benzene rings is 1. The van der Waals surface area contributed by atoms with Crippen LogP contribution in [0.3, 0.4) is 0 Å². The summed E-state index contributed by atoms with van der Waals surface area (Å²) in [6.07, 6.45) is 0.711. The van der Waals surface area contributed by atoms with Crippen molar-refractivity contribution in [3.8, 4) is 5.75 Å². The van der Waals surface area contributed by atoms with Crippen molar-refractivity contribution in [2.45, 2.75) is 32.6 Å². The van der Waals surface area contributed by atoms with Gasteiger partial charge in [-0.25, -0.2) is 0 Å². The normalized spacial score (nSPS) is 11.4. The van der Waals surface area contributed by atoms with E-state index < -0.39 is 0 Å². The Bertz CT molecular complexity index is 615. The summed E-state index contributed by atoms with van der Waals surface area (Å²) in [7, 11) is 0. The molecule has 0 fully saturated rings. The van der Waals surface area contributed by atoms with Crippen LogP contribution in [-0.2, 0) is 11.8 Å². The van der Waals surface area contributed by atoms with Crippen LogP contribution < -0.4 is 5.32 Å². The second-order valence-corrected chi connectivity index (χ2v) is 6.63. The van der Waals surface area contributed by atoms with Gasteiger partial charge in [-0.1, -0.05) is 37.4 Å². The van der Waals surface area contributed by atoms with Crippen molar-refractivity contribution in [3.63, 3.8) is 0 Å². The molecule has 6 heteroatoms. The van der Waals surface area contributed by atoms with Crippen molar-refractivity contribution in [2.24, 2.45) is 0 Å². The highest BCUT2D eigenvalue weighted by Crippen LogP contribution is 2.25. The molecule has 2 N–H and O–H groups in total. The van der Waals surface area contributed by atoms with Crippen molar-refractivity contribution in [1.29, 1.82) is 0 Å². The molecule has 0 bridgehead atoms. The molecule has 0 spiro atoms. The lowest BCUT2D eigenvalue weighted by Gasteiger charge is -2.16. The first-order valence-electron chi connectivity index (χ1n) is 6.77. The van der Waals surface area contributed by atoms with Crippen LogP contribution in [0.2, 0.25) is 0 Å². The third-order valence-corrected chi connectivity index (χ3v) is 3.76. The fourth-order valence-electron chi connectivity index (χ4n) is 1.89. The van der Waals surface area contributed by atoms with Crippen LogP contribution in [0, 0.1) is 0 Å². The molecule has 2 rings (SSSR count). The second kappa shape index (κ2) is 6.22. The van der Waals surface area contributed by atoms with Crippen LogP contribution in [0.15, 0.2) is 24.3 Å². The lowest BCUT2D eigenvalue weighted by molar-refractivity contribution is 0.0956. The molecule has 1 aromatic carbocycles. The smallest absolute Gasteiger partial charge is 0.264 e. The fraction of sp³-hybridized carbons (Fsp3) is 0.400. The molecule has 0 saturated carbocycles. The van der Waals surface area contributed by atoms with Gasteiger partial charge in [0.05, 0.1) is 5.69 Å². The largest absolute Gasteiger partial charge is 0.508 e. The van der Waals surface area contributed by atoms with Crippen molar-refractivity contribution in [3.05, 3.63) is 40.4 Å². The van der Waals surface area contributed by atoms with Gasteiger partial charge in [0.2, 0.25) is 0 Å². The summed E-state index contributed by atoms with van der Waals surface area (Å²) in [6.45, 7) is 6.57. The maximum atomic E-state index is 12.2. The number of hydrogen-bond donors (Lipinski definition) is 2. The summed E-state index contributed by atoms with van der Waals surface area (Å²) in [6, 6.07) is 6.97. The maximum Gasteiger partial charge on any atom is 0.264 e.